The molecule has 1 atom stereocenters. The van der Waals surface area contributed by atoms with Gasteiger partial charge < -0.3 is 14.6 Å². The van der Waals surface area contributed by atoms with Gasteiger partial charge >= 0.3 is 0 Å². The summed E-state index contributed by atoms with van der Waals surface area (Å²) < 4.78 is 33.9. The first-order valence-corrected chi connectivity index (χ1v) is 10.6. The summed E-state index contributed by atoms with van der Waals surface area (Å²) in [5.41, 5.74) is 0.544. The number of anilines is 2. The zero-order chi connectivity index (χ0) is 22.8. The summed E-state index contributed by atoms with van der Waals surface area (Å²) in [6.07, 6.45) is 0. The quantitative estimate of drug-likeness (QED) is 0.569. The minimum atomic E-state index is -0.853. The van der Waals surface area contributed by atoms with Crippen molar-refractivity contribution in [1.82, 2.24) is 14.8 Å². The maximum absolute atomic E-state index is 13.7. The lowest BCUT2D eigenvalue weighted by atomic mass is 10.1. The van der Waals surface area contributed by atoms with E-state index in [4.69, 9.17) is 4.74 Å². The molecule has 0 saturated carbocycles. The number of benzene rings is 2. The largest absolute Gasteiger partial charge is 0.482 e. The summed E-state index contributed by atoms with van der Waals surface area (Å²) >= 11 is 1.11. The molecule has 0 fully saturated rings. The molecule has 166 valence electrons. The minimum Gasteiger partial charge on any atom is -0.482 e. The van der Waals surface area contributed by atoms with Crippen LogP contribution in [0, 0.1) is 11.6 Å². The molecule has 8 nitrogen and oxygen atoms in total. The Morgan fingerprint density at radius 3 is 2.81 bits per heavy atom. The third-order valence-corrected chi connectivity index (χ3v) is 5.93. The van der Waals surface area contributed by atoms with Gasteiger partial charge in [0.2, 0.25) is 5.91 Å². The van der Waals surface area contributed by atoms with Crippen molar-refractivity contribution < 1.29 is 23.1 Å². The van der Waals surface area contributed by atoms with Crippen molar-refractivity contribution in [1.29, 1.82) is 0 Å². The number of thioether (sulfide) groups is 1. The van der Waals surface area contributed by atoms with Crippen LogP contribution in [0.1, 0.15) is 18.8 Å². The van der Waals surface area contributed by atoms with Crippen molar-refractivity contribution in [2.24, 2.45) is 7.05 Å². The van der Waals surface area contributed by atoms with Crippen LogP contribution in [0.2, 0.25) is 0 Å². The first kappa shape index (κ1) is 21.8. The van der Waals surface area contributed by atoms with E-state index in [1.807, 2.05) is 19.1 Å². The summed E-state index contributed by atoms with van der Waals surface area (Å²) in [6.45, 7) is 1.77. The van der Waals surface area contributed by atoms with Gasteiger partial charge in [0.05, 0.1) is 23.2 Å². The normalized spacial score (nSPS) is 14.0. The molecule has 2 amide bonds. The Morgan fingerprint density at radius 2 is 2.03 bits per heavy atom. The van der Waals surface area contributed by atoms with Crippen LogP contribution in [0.3, 0.4) is 0 Å². The van der Waals surface area contributed by atoms with Crippen molar-refractivity contribution in [3.8, 4) is 5.75 Å². The Bertz CT molecular complexity index is 1190. The lowest BCUT2D eigenvalue weighted by Crippen LogP contribution is -2.41. The smallest absolute Gasteiger partial charge is 0.265 e. The molecule has 32 heavy (non-hydrogen) atoms. The maximum Gasteiger partial charge on any atom is 0.265 e. The molecule has 11 heteroatoms. The van der Waals surface area contributed by atoms with Gasteiger partial charge in [-0.15, -0.1) is 10.2 Å². The predicted octanol–water partition coefficient (Wildman–Crippen LogP) is 3.31. The number of carbonyl (C=O) groups is 2. The molecule has 0 spiro atoms. The topological polar surface area (TPSA) is 89.4 Å². The SMILES string of the molecule is C[C@H](c1nnc(SCC(=O)Nc2ccc(F)cc2F)n1C)N1C(=O)COc2ccccc21. The lowest BCUT2D eigenvalue weighted by molar-refractivity contribution is -0.121. The third-order valence-electron chi connectivity index (χ3n) is 4.91. The van der Waals surface area contributed by atoms with Crippen LogP contribution < -0.4 is 15.0 Å². The van der Waals surface area contributed by atoms with E-state index in [-0.39, 0.29) is 24.0 Å². The van der Waals surface area contributed by atoms with Crippen molar-refractivity contribution >= 4 is 35.0 Å². The second-order valence-electron chi connectivity index (χ2n) is 7.06. The number of aromatic nitrogens is 3. The van der Waals surface area contributed by atoms with Crippen LogP contribution in [0.4, 0.5) is 20.2 Å². The molecular weight excluding hydrogens is 440 g/mol. The summed E-state index contributed by atoms with van der Waals surface area (Å²) in [5, 5.41) is 11.2. The number of rotatable bonds is 6. The van der Waals surface area contributed by atoms with E-state index >= 15 is 0 Å². The highest BCUT2D eigenvalue weighted by Crippen LogP contribution is 2.37. The molecule has 0 aliphatic carbocycles. The van der Waals surface area contributed by atoms with Gasteiger partial charge in [0, 0.05) is 13.1 Å². The highest BCUT2D eigenvalue weighted by molar-refractivity contribution is 7.99. The highest BCUT2D eigenvalue weighted by Gasteiger charge is 2.32. The highest BCUT2D eigenvalue weighted by atomic mass is 32.2. The lowest BCUT2D eigenvalue weighted by Gasteiger charge is -2.33. The van der Waals surface area contributed by atoms with Crippen molar-refractivity contribution in [3.05, 3.63) is 59.9 Å². The van der Waals surface area contributed by atoms with Crippen LogP contribution in [-0.2, 0) is 16.6 Å². The summed E-state index contributed by atoms with van der Waals surface area (Å²) in [4.78, 5) is 26.4. The van der Waals surface area contributed by atoms with Crippen molar-refractivity contribution in [2.45, 2.75) is 18.1 Å². The van der Waals surface area contributed by atoms with Crippen LogP contribution in [-0.4, -0.2) is 38.9 Å². The number of hydrogen-bond donors (Lipinski definition) is 1. The predicted molar refractivity (Wildman–Crippen MR) is 115 cm³/mol. The summed E-state index contributed by atoms with van der Waals surface area (Å²) in [5.74, 6) is -1.17. The minimum absolute atomic E-state index is 0.0590. The fourth-order valence-corrected chi connectivity index (χ4v) is 4.10. The van der Waals surface area contributed by atoms with E-state index < -0.39 is 23.6 Å². The van der Waals surface area contributed by atoms with Gasteiger partial charge in [0.25, 0.3) is 5.91 Å². The number of ether oxygens (including phenoxy) is 1. The van der Waals surface area contributed by atoms with Gasteiger partial charge in [-0.3, -0.25) is 14.5 Å². The van der Waals surface area contributed by atoms with Gasteiger partial charge in [0.1, 0.15) is 17.4 Å². The second kappa shape index (κ2) is 8.95. The van der Waals surface area contributed by atoms with Gasteiger partial charge in [-0.1, -0.05) is 23.9 Å². The van der Waals surface area contributed by atoms with Crippen LogP contribution in [0.25, 0.3) is 0 Å². The first-order valence-electron chi connectivity index (χ1n) is 9.66. The fourth-order valence-electron chi connectivity index (χ4n) is 3.38. The Labute approximate surface area is 186 Å². The van der Waals surface area contributed by atoms with Gasteiger partial charge in [-0.05, 0) is 31.2 Å². The molecular formula is C21H19F2N5O3S. The van der Waals surface area contributed by atoms with E-state index in [0.717, 1.165) is 23.9 Å². The van der Waals surface area contributed by atoms with Gasteiger partial charge in [0.15, 0.2) is 17.6 Å². The van der Waals surface area contributed by atoms with E-state index in [1.54, 1.807) is 28.6 Å². The molecule has 0 saturated heterocycles. The first-order chi connectivity index (χ1) is 15.3. The molecule has 2 heterocycles. The number of carbonyl (C=O) groups excluding carboxylic acids is 2. The number of halogens is 2. The number of amides is 2. The molecule has 1 N–H and O–H groups in total. The second-order valence-corrected chi connectivity index (χ2v) is 8.00. The zero-order valence-electron chi connectivity index (χ0n) is 17.2. The summed E-state index contributed by atoms with van der Waals surface area (Å²) in [6, 6.07) is 9.74. The molecule has 3 aromatic rings. The molecule has 1 aromatic heterocycles. The average molecular weight is 459 g/mol. The molecule has 4 rings (SSSR count). The van der Waals surface area contributed by atoms with Crippen LogP contribution in [0.15, 0.2) is 47.6 Å². The monoisotopic (exact) mass is 459 g/mol. The van der Waals surface area contributed by atoms with Crippen molar-refractivity contribution in [2.75, 3.05) is 22.6 Å². The molecule has 0 unspecified atom stereocenters. The molecule has 0 bridgehead atoms. The van der Waals surface area contributed by atoms with E-state index in [9.17, 15) is 18.4 Å². The molecule has 0 radical (unpaired) electrons. The molecule has 2 aromatic carbocycles. The van der Waals surface area contributed by atoms with E-state index in [1.165, 1.54) is 0 Å². The zero-order valence-corrected chi connectivity index (χ0v) is 18.0. The molecule has 1 aliphatic rings. The third kappa shape index (κ3) is 4.28. The number of fused-ring (bicyclic) bond motifs is 1. The Hall–Kier alpha value is -3.47. The maximum atomic E-state index is 13.7. The standard InChI is InChI=1S/C21H19F2N5O3S/c1-12(28-16-5-3-4-6-17(16)31-10-19(28)30)20-25-26-21(27(20)2)32-11-18(29)24-15-8-7-13(22)9-14(15)23/h3-9,12H,10-11H2,1-2H3,(H,24,29)/t12-/m1/s1. The van der Waals surface area contributed by atoms with Crippen LogP contribution in [0.5, 0.6) is 5.75 Å². The van der Waals surface area contributed by atoms with Crippen LogP contribution >= 0.6 is 11.8 Å². The van der Waals surface area contributed by atoms with Gasteiger partial charge in [-0.2, -0.15) is 0 Å². The number of nitrogens with zero attached hydrogens (tertiary/aromatic N) is 4. The molecule has 1 aliphatic heterocycles. The Balaban J connectivity index is 1.45. The van der Waals surface area contributed by atoms with E-state index in [2.05, 4.69) is 15.5 Å². The Kier molecular flexibility index (Phi) is 6.08. The Morgan fingerprint density at radius 1 is 1.25 bits per heavy atom. The van der Waals surface area contributed by atoms with E-state index in [0.29, 0.717) is 28.5 Å². The number of hydrogen-bond acceptors (Lipinski definition) is 6. The number of nitrogens with one attached hydrogen (secondary N) is 1. The van der Waals surface area contributed by atoms with Gasteiger partial charge in [-0.25, -0.2) is 8.78 Å². The fraction of sp³-hybridized carbons (Fsp3) is 0.238. The van der Waals surface area contributed by atoms with Crippen molar-refractivity contribution in [3.63, 3.8) is 0 Å². The number of para-hydroxylation sites is 2. The average Bonchev–Trinajstić information content (AvgIpc) is 3.14. The summed E-state index contributed by atoms with van der Waals surface area (Å²) in [7, 11) is 1.74.